The normalized spacial score (nSPS) is 15.3. The predicted molar refractivity (Wildman–Crippen MR) is 91.6 cm³/mol. The van der Waals surface area contributed by atoms with E-state index < -0.39 is 0 Å². The highest BCUT2D eigenvalue weighted by Crippen LogP contribution is 2.18. The second-order valence-electron chi connectivity index (χ2n) is 5.95. The number of aryl methyl sites for hydroxylation is 1. The fourth-order valence-electron chi connectivity index (χ4n) is 2.84. The van der Waals surface area contributed by atoms with Crippen molar-refractivity contribution in [3.8, 4) is 0 Å². The Morgan fingerprint density at radius 3 is 3.08 bits per heavy atom. The van der Waals surface area contributed by atoms with E-state index in [-0.39, 0.29) is 17.5 Å². The minimum atomic E-state index is -0.386. The number of nitrogens with one attached hydrogen (secondary N) is 2. The fourth-order valence-corrected chi connectivity index (χ4v) is 2.84. The largest absolute Gasteiger partial charge is 0.370 e. The van der Waals surface area contributed by atoms with E-state index in [2.05, 4.69) is 35.9 Å². The molecule has 0 bridgehead atoms. The number of rotatable bonds is 3. The first-order chi connectivity index (χ1) is 12.2. The number of hydrogen-bond donors (Lipinski definition) is 2. The van der Waals surface area contributed by atoms with Crippen LogP contribution in [-0.2, 0) is 7.05 Å². The molecule has 0 unspecified atom stereocenters. The minimum Gasteiger partial charge on any atom is -0.370 e. The van der Waals surface area contributed by atoms with Crippen LogP contribution in [-0.4, -0.2) is 61.7 Å². The lowest BCUT2D eigenvalue weighted by Gasteiger charge is -2.21. The quantitative estimate of drug-likeness (QED) is 0.686. The zero-order chi connectivity index (χ0) is 17.2. The van der Waals surface area contributed by atoms with Crippen molar-refractivity contribution in [3.63, 3.8) is 0 Å². The topological polar surface area (TPSA) is 105 Å². The smallest absolute Gasteiger partial charge is 0.280 e. The summed E-state index contributed by atoms with van der Waals surface area (Å²) in [5, 5.41) is 17.8. The Balaban J connectivity index is 1.54. The number of carbonyl (C=O) groups is 1. The monoisotopic (exact) mass is 341 g/mol. The van der Waals surface area contributed by atoms with Crippen molar-refractivity contribution in [2.24, 2.45) is 7.05 Å². The molecule has 0 saturated carbocycles. The molecule has 1 aliphatic heterocycles. The summed E-state index contributed by atoms with van der Waals surface area (Å²) >= 11 is 0. The minimum absolute atomic E-state index is 0.221. The molecule has 10 heteroatoms. The number of hydrogen-bond acceptors (Lipinski definition) is 7. The number of carbonyl (C=O) groups excluding carboxylic acids is 1. The van der Waals surface area contributed by atoms with Gasteiger partial charge in [-0.15, -0.1) is 10.2 Å². The van der Waals surface area contributed by atoms with Gasteiger partial charge < -0.3 is 10.2 Å². The summed E-state index contributed by atoms with van der Waals surface area (Å²) in [6.45, 7) is 3.98. The van der Waals surface area contributed by atoms with Gasteiger partial charge in [-0.3, -0.25) is 14.8 Å². The van der Waals surface area contributed by atoms with Crippen LogP contribution in [0.2, 0.25) is 0 Å². The lowest BCUT2D eigenvalue weighted by atomic mass is 10.3. The lowest BCUT2D eigenvalue weighted by molar-refractivity contribution is 0.102. The van der Waals surface area contributed by atoms with Crippen molar-refractivity contribution >= 4 is 23.2 Å². The molecule has 1 fully saturated rings. The van der Waals surface area contributed by atoms with Crippen LogP contribution in [0.15, 0.2) is 24.5 Å². The van der Waals surface area contributed by atoms with Crippen LogP contribution < -0.4 is 15.5 Å². The molecule has 1 amide bonds. The van der Waals surface area contributed by atoms with Gasteiger partial charge in [-0.25, -0.2) is 4.52 Å². The Morgan fingerprint density at radius 1 is 1.32 bits per heavy atom. The summed E-state index contributed by atoms with van der Waals surface area (Å²) in [4.78, 5) is 18.8. The van der Waals surface area contributed by atoms with E-state index in [9.17, 15) is 4.79 Å². The summed E-state index contributed by atoms with van der Waals surface area (Å²) in [5.41, 5.74) is 2.01. The molecule has 25 heavy (non-hydrogen) atoms. The third-order valence-corrected chi connectivity index (χ3v) is 4.09. The third kappa shape index (κ3) is 3.29. The van der Waals surface area contributed by atoms with E-state index in [0.717, 1.165) is 38.3 Å². The maximum atomic E-state index is 12.1. The molecule has 3 aromatic rings. The van der Waals surface area contributed by atoms with Crippen LogP contribution in [0.5, 0.6) is 0 Å². The molecule has 0 atom stereocenters. The van der Waals surface area contributed by atoms with Crippen LogP contribution in [0, 0.1) is 0 Å². The number of amides is 1. The number of pyridine rings is 1. The van der Waals surface area contributed by atoms with Crippen LogP contribution in [0.4, 0.5) is 11.6 Å². The SMILES string of the molecule is Cn1cc(C(=O)Nc2nc3cc(N4CCCNCC4)ccn3n2)nn1. The van der Waals surface area contributed by atoms with Crippen molar-refractivity contribution in [1.82, 2.24) is 34.9 Å². The maximum Gasteiger partial charge on any atom is 0.280 e. The molecule has 2 N–H and O–H groups in total. The van der Waals surface area contributed by atoms with Gasteiger partial charge in [0.15, 0.2) is 11.3 Å². The van der Waals surface area contributed by atoms with E-state index in [1.807, 2.05) is 18.3 Å². The van der Waals surface area contributed by atoms with Crippen molar-refractivity contribution in [1.29, 1.82) is 0 Å². The fraction of sp³-hybridized carbons (Fsp3) is 0.400. The second-order valence-corrected chi connectivity index (χ2v) is 5.95. The molecular formula is C15H19N9O. The zero-order valence-electron chi connectivity index (χ0n) is 13.9. The van der Waals surface area contributed by atoms with Gasteiger partial charge in [0.1, 0.15) is 0 Å². The molecule has 0 spiro atoms. The van der Waals surface area contributed by atoms with Crippen molar-refractivity contribution < 1.29 is 4.79 Å². The van der Waals surface area contributed by atoms with E-state index in [1.165, 1.54) is 10.9 Å². The second kappa shape index (κ2) is 6.48. The van der Waals surface area contributed by atoms with Gasteiger partial charge in [0.05, 0.1) is 6.20 Å². The van der Waals surface area contributed by atoms with Gasteiger partial charge in [-0.05, 0) is 19.0 Å². The van der Waals surface area contributed by atoms with Crippen molar-refractivity contribution in [2.45, 2.75) is 6.42 Å². The number of aromatic nitrogens is 6. The predicted octanol–water partition coefficient (Wildman–Crippen LogP) is -0.0902. The highest BCUT2D eigenvalue weighted by atomic mass is 16.2. The molecule has 4 heterocycles. The van der Waals surface area contributed by atoms with E-state index in [1.54, 1.807) is 11.6 Å². The van der Waals surface area contributed by atoms with Crippen LogP contribution in [0.1, 0.15) is 16.9 Å². The number of fused-ring (bicyclic) bond motifs is 1. The average Bonchev–Trinajstić information content (AvgIpc) is 3.10. The molecule has 130 valence electrons. The summed E-state index contributed by atoms with van der Waals surface area (Å²) in [6.07, 6.45) is 4.50. The summed E-state index contributed by atoms with van der Waals surface area (Å²) in [5.74, 6) is -0.145. The number of anilines is 2. The molecule has 1 saturated heterocycles. The molecule has 4 rings (SSSR count). The number of nitrogens with zero attached hydrogens (tertiary/aromatic N) is 7. The average molecular weight is 341 g/mol. The Bertz CT molecular complexity index is 891. The first-order valence-corrected chi connectivity index (χ1v) is 8.19. The Kier molecular flexibility index (Phi) is 4.02. The van der Waals surface area contributed by atoms with Crippen LogP contribution in [0.25, 0.3) is 5.65 Å². The van der Waals surface area contributed by atoms with Crippen LogP contribution in [0.3, 0.4) is 0 Å². The molecule has 0 aromatic carbocycles. The Morgan fingerprint density at radius 2 is 2.24 bits per heavy atom. The molecule has 10 nitrogen and oxygen atoms in total. The first-order valence-electron chi connectivity index (χ1n) is 8.19. The zero-order valence-corrected chi connectivity index (χ0v) is 13.9. The summed E-state index contributed by atoms with van der Waals surface area (Å²) in [7, 11) is 1.70. The molecule has 0 radical (unpaired) electrons. The van der Waals surface area contributed by atoms with Gasteiger partial charge in [-0.2, -0.15) is 4.98 Å². The summed E-state index contributed by atoms with van der Waals surface area (Å²) < 4.78 is 3.11. The molecule has 1 aliphatic rings. The molecule has 3 aromatic heterocycles. The molecule has 0 aliphatic carbocycles. The lowest BCUT2D eigenvalue weighted by Crippen LogP contribution is -2.27. The van der Waals surface area contributed by atoms with Gasteiger partial charge in [0.25, 0.3) is 5.91 Å². The van der Waals surface area contributed by atoms with Gasteiger partial charge in [0, 0.05) is 44.6 Å². The third-order valence-electron chi connectivity index (χ3n) is 4.09. The van der Waals surface area contributed by atoms with E-state index in [0.29, 0.717) is 5.65 Å². The summed E-state index contributed by atoms with van der Waals surface area (Å²) in [6, 6.07) is 4.00. The van der Waals surface area contributed by atoms with E-state index >= 15 is 0 Å². The first kappa shape index (κ1) is 15.5. The highest BCUT2D eigenvalue weighted by Gasteiger charge is 2.15. The standard InChI is InChI=1S/C15H19N9O/c1-22-10-12(19-21-22)14(25)18-15-17-13-9-11(3-7-24(13)20-15)23-6-2-4-16-5-8-23/h3,7,9-10,16H,2,4-6,8H2,1H3,(H,18,20,25). The molecular weight excluding hydrogens is 322 g/mol. The van der Waals surface area contributed by atoms with E-state index in [4.69, 9.17) is 0 Å². The Labute approximate surface area is 143 Å². The van der Waals surface area contributed by atoms with Gasteiger partial charge >= 0.3 is 0 Å². The van der Waals surface area contributed by atoms with Crippen molar-refractivity contribution in [3.05, 3.63) is 30.2 Å². The Hall–Kier alpha value is -3.01. The van der Waals surface area contributed by atoms with Gasteiger partial charge in [0.2, 0.25) is 5.95 Å². The van der Waals surface area contributed by atoms with Gasteiger partial charge in [-0.1, -0.05) is 5.21 Å². The van der Waals surface area contributed by atoms with Crippen LogP contribution >= 0.6 is 0 Å². The maximum absolute atomic E-state index is 12.1. The van der Waals surface area contributed by atoms with Crippen molar-refractivity contribution in [2.75, 3.05) is 36.4 Å². The highest BCUT2D eigenvalue weighted by molar-refractivity contribution is 6.01.